The maximum atomic E-state index is 12.1. The van der Waals surface area contributed by atoms with Crippen molar-refractivity contribution in [2.75, 3.05) is 11.9 Å². The molecule has 0 unspecified atom stereocenters. The summed E-state index contributed by atoms with van der Waals surface area (Å²) in [7, 11) is 0. The van der Waals surface area contributed by atoms with Gasteiger partial charge in [0.05, 0.1) is 11.3 Å². The topological polar surface area (TPSA) is 84.3 Å². The van der Waals surface area contributed by atoms with E-state index in [-0.39, 0.29) is 18.0 Å². The van der Waals surface area contributed by atoms with Crippen molar-refractivity contribution < 1.29 is 9.72 Å². The SMILES string of the molecule is CCNCc1cccc(NC(=O)Cc2cccc([N+](=O)[O-])c2)c1. The summed E-state index contributed by atoms with van der Waals surface area (Å²) in [6.45, 7) is 3.65. The number of rotatable bonds is 7. The molecule has 2 N–H and O–H groups in total. The van der Waals surface area contributed by atoms with Gasteiger partial charge in [0.1, 0.15) is 0 Å². The van der Waals surface area contributed by atoms with Gasteiger partial charge in [-0.1, -0.05) is 31.2 Å². The summed E-state index contributed by atoms with van der Waals surface area (Å²) < 4.78 is 0. The van der Waals surface area contributed by atoms with Crippen molar-refractivity contribution in [2.45, 2.75) is 19.9 Å². The van der Waals surface area contributed by atoms with Crippen LogP contribution in [0.15, 0.2) is 48.5 Å². The second kappa shape index (κ2) is 8.05. The summed E-state index contributed by atoms with van der Waals surface area (Å²) in [6.07, 6.45) is 0.0963. The molecule has 0 radical (unpaired) electrons. The first kappa shape index (κ1) is 16.6. The van der Waals surface area contributed by atoms with Crippen LogP contribution < -0.4 is 10.6 Å². The summed E-state index contributed by atoms with van der Waals surface area (Å²) >= 11 is 0. The zero-order valence-corrected chi connectivity index (χ0v) is 12.9. The van der Waals surface area contributed by atoms with Gasteiger partial charge in [-0.05, 0) is 29.8 Å². The quantitative estimate of drug-likeness (QED) is 0.608. The van der Waals surface area contributed by atoms with Crippen molar-refractivity contribution >= 4 is 17.3 Å². The molecule has 1 amide bonds. The van der Waals surface area contributed by atoms with Crippen LogP contribution in [-0.4, -0.2) is 17.4 Å². The van der Waals surface area contributed by atoms with E-state index >= 15 is 0 Å². The molecule has 6 nitrogen and oxygen atoms in total. The lowest BCUT2D eigenvalue weighted by molar-refractivity contribution is -0.384. The Morgan fingerprint density at radius 1 is 1.13 bits per heavy atom. The highest BCUT2D eigenvalue weighted by Crippen LogP contribution is 2.15. The third-order valence-corrected chi connectivity index (χ3v) is 3.28. The average molecular weight is 313 g/mol. The van der Waals surface area contributed by atoms with Crippen LogP contribution >= 0.6 is 0 Å². The standard InChI is InChI=1S/C17H19N3O3/c1-2-18-12-14-6-3-7-15(9-14)19-17(21)11-13-5-4-8-16(10-13)20(22)23/h3-10,18H,2,11-12H2,1H3,(H,19,21). The lowest BCUT2D eigenvalue weighted by atomic mass is 10.1. The van der Waals surface area contributed by atoms with Gasteiger partial charge in [0.15, 0.2) is 0 Å². The van der Waals surface area contributed by atoms with Gasteiger partial charge in [0.25, 0.3) is 5.69 Å². The van der Waals surface area contributed by atoms with Crippen molar-refractivity contribution in [1.82, 2.24) is 5.32 Å². The monoisotopic (exact) mass is 313 g/mol. The molecule has 2 aromatic rings. The molecule has 0 aliphatic carbocycles. The molecule has 0 saturated carbocycles. The number of benzene rings is 2. The average Bonchev–Trinajstić information content (AvgIpc) is 2.53. The maximum Gasteiger partial charge on any atom is 0.269 e. The summed E-state index contributed by atoms with van der Waals surface area (Å²) in [6, 6.07) is 13.7. The van der Waals surface area contributed by atoms with Crippen molar-refractivity contribution in [2.24, 2.45) is 0 Å². The molecule has 0 atom stereocenters. The number of nitro groups is 1. The van der Waals surface area contributed by atoms with E-state index in [0.29, 0.717) is 5.56 Å². The van der Waals surface area contributed by atoms with E-state index in [4.69, 9.17) is 0 Å². The van der Waals surface area contributed by atoms with Crippen LogP contribution in [0.2, 0.25) is 0 Å². The number of carbonyl (C=O) groups excluding carboxylic acids is 1. The summed E-state index contributed by atoms with van der Waals surface area (Å²) in [5, 5.41) is 16.8. The Labute approximate surface area is 134 Å². The number of hydrogen-bond donors (Lipinski definition) is 2. The molecular weight excluding hydrogens is 294 g/mol. The Morgan fingerprint density at radius 3 is 2.61 bits per heavy atom. The number of nitrogens with one attached hydrogen (secondary N) is 2. The summed E-state index contributed by atoms with van der Waals surface area (Å²) in [4.78, 5) is 22.4. The van der Waals surface area contributed by atoms with E-state index < -0.39 is 4.92 Å². The minimum atomic E-state index is -0.467. The normalized spacial score (nSPS) is 10.3. The second-order valence-corrected chi connectivity index (χ2v) is 5.13. The van der Waals surface area contributed by atoms with Crippen molar-refractivity contribution in [3.05, 3.63) is 69.8 Å². The molecule has 0 heterocycles. The fourth-order valence-corrected chi connectivity index (χ4v) is 2.20. The van der Waals surface area contributed by atoms with Crippen molar-refractivity contribution in [1.29, 1.82) is 0 Å². The summed E-state index contributed by atoms with van der Waals surface area (Å²) in [5.74, 6) is -0.203. The van der Waals surface area contributed by atoms with Gasteiger partial charge >= 0.3 is 0 Å². The molecule has 2 aromatic carbocycles. The molecule has 0 saturated heterocycles. The number of nitro benzene ring substituents is 1. The number of anilines is 1. The zero-order chi connectivity index (χ0) is 16.7. The second-order valence-electron chi connectivity index (χ2n) is 5.13. The minimum absolute atomic E-state index is 0.0112. The molecule has 2 rings (SSSR count). The third-order valence-electron chi connectivity index (χ3n) is 3.28. The number of amides is 1. The Hall–Kier alpha value is -2.73. The molecule has 6 heteroatoms. The third kappa shape index (κ3) is 5.19. The highest BCUT2D eigenvalue weighted by Gasteiger charge is 2.09. The zero-order valence-electron chi connectivity index (χ0n) is 12.9. The van der Waals surface area contributed by atoms with Crippen molar-refractivity contribution in [3.8, 4) is 0 Å². The minimum Gasteiger partial charge on any atom is -0.326 e. The number of carbonyl (C=O) groups is 1. The van der Waals surface area contributed by atoms with Gasteiger partial charge in [-0.25, -0.2) is 0 Å². The predicted molar refractivity (Wildman–Crippen MR) is 89.3 cm³/mol. The van der Waals surface area contributed by atoms with Crippen LogP contribution in [0.3, 0.4) is 0 Å². The number of nitrogens with zero attached hydrogens (tertiary/aromatic N) is 1. The Kier molecular flexibility index (Phi) is 5.82. The van der Waals surface area contributed by atoms with Crippen molar-refractivity contribution in [3.63, 3.8) is 0 Å². The number of hydrogen-bond acceptors (Lipinski definition) is 4. The van der Waals surface area contributed by atoms with Crippen LogP contribution in [0.1, 0.15) is 18.1 Å². The Morgan fingerprint density at radius 2 is 1.87 bits per heavy atom. The van der Waals surface area contributed by atoms with E-state index in [1.54, 1.807) is 12.1 Å². The van der Waals surface area contributed by atoms with E-state index in [1.807, 2.05) is 31.2 Å². The van der Waals surface area contributed by atoms with Crippen LogP contribution in [0, 0.1) is 10.1 Å². The fourth-order valence-electron chi connectivity index (χ4n) is 2.20. The highest BCUT2D eigenvalue weighted by atomic mass is 16.6. The summed E-state index contributed by atoms with van der Waals surface area (Å²) in [5.41, 5.74) is 2.40. The molecule has 120 valence electrons. The van der Waals surface area contributed by atoms with Gasteiger partial charge < -0.3 is 10.6 Å². The lowest BCUT2D eigenvalue weighted by Crippen LogP contribution is -2.15. The molecular formula is C17H19N3O3. The van der Waals surface area contributed by atoms with Crippen LogP contribution in [0.4, 0.5) is 11.4 Å². The number of non-ortho nitro benzene ring substituents is 1. The fraction of sp³-hybridized carbons (Fsp3) is 0.235. The highest BCUT2D eigenvalue weighted by molar-refractivity contribution is 5.92. The Bertz CT molecular complexity index is 701. The van der Waals surface area contributed by atoms with Crippen LogP contribution in [-0.2, 0) is 17.8 Å². The van der Waals surface area contributed by atoms with Gasteiger partial charge in [-0.2, -0.15) is 0 Å². The molecule has 0 fully saturated rings. The first-order valence-electron chi connectivity index (χ1n) is 7.41. The first-order chi connectivity index (χ1) is 11.1. The predicted octanol–water partition coefficient (Wildman–Crippen LogP) is 2.89. The largest absolute Gasteiger partial charge is 0.326 e. The van der Waals surface area contributed by atoms with Gasteiger partial charge in [-0.15, -0.1) is 0 Å². The van der Waals surface area contributed by atoms with E-state index in [0.717, 1.165) is 24.3 Å². The maximum absolute atomic E-state index is 12.1. The van der Waals surface area contributed by atoms with Gasteiger partial charge in [0.2, 0.25) is 5.91 Å². The molecule has 23 heavy (non-hydrogen) atoms. The van der Waals surface area contributed by atoms with E-state index in [2.05, 4.69) is 10.6 Å². The smallest absolute Gasteiger partial charge is 0.269 e. The lowest BCUT2D eigenvalue weighted by Gasteiger charge is -2.08. The molecule has 0 aromatic heterocycles. The first-order valence-corrected chi connectivity index (χ1v) is 7.41. The van der Waals surface area contributed by atoms with E-state index in [1.165, 1.54) is 12.1 Å². The van der Waals surface area contributed by atoms with Crippen LogP contribution in [0.5, 0.6) is 0 Å². The van der Waals surface area contributed by atoms with Crippen LogP contribution in [0.25, 0.3) is 0 Å². The molecule has 0 spiro atoms. The molecule has 0 aliphatic heterocycles. The Balaban J connectivity index is 1.99. The molecule has 0 bridgehead atoms. The van der Waals surface area contributed by atoms with Gasteiger partial charge in [0, 0.05) is 24.4 Å². The van der Waals surface area contributed by atoms with Gasteiger partial charge in [-0.3, -0.25) is 14.9 Å². The van der Waals surface area contributed by atoms with E-state index in [9.17, 15) is 14.9 Å². The molecule has 0 aliphatic rings.